The number of carbonyl (C=O) groups is 1. The van der Waals surface area contributed by atoms with Crippen molar-refractivity contribution in [3.05, 3.63) is 53.6 Å². The first kappa shape index (κ1) is 21.3. The van der Waals surface area contributed by atoms with Crippen LogP contribution in [0.1, 0.15) is 18.1 Å². The van der Waals surface area contributed by atoms with E-state index in [0.717, 1.165) is 12.0 Å². The second kappa shape index (κ2) is 9.39. The van der Waals surface area contributed by atoms with Crippen LogP contribution in [0.25, 0.3) is 0 Å². The molecule has 0 aromatic heterocycles. The van der Waals surface area contributed by atoms with Crippen molar-refractivity contribution in [1.29, 1.82) is 0 Å². The van der Waals surface area contributed by atoms with Crippen molar-refractivity contribution in [2.75, 3.05) is 33.4 Å². The molecule has 0 unspecified atom stereocenters. The van der Waals surface area contributed by atoms with Crippen LogP contribution in [0.5, 0.6) is 11.5 Å². The highest BCUT2D eigenvalue weighted by Crippen LogP contribution is 2.28. The zero-order valence-corrected chi connectivity index (χ0v) is 17.4. The second-order valence-electron chi connectivity index (χ2n) is 6.65. The van der Waals surface area contributed by atoms with Crippen LogP contribution in [0.4, 0.5) is 0 Å². The number of benzene rings is 2. The lowest BCUT2D eigenvalue weighted by Gasteiger charge is -2.26. The lowest BCUT2D eigenvalue weighted by molar-refractivity contribution is -0.133. The van der Waals surface area contributed by atoms with Crippen molar-refractivity contribution in [2.45, 2.75) is 24.7 Å². The molecule has 0 atom stereocenters. The van der Waals surface area contributed by atoms with E-state index < -0.39 is 16.0 Å². The number of hydrogen-bond donors (Lipinski definition) is 0. The Labute approximate surface area is 171 Å². The fraction of sp³-hybridized carbons (Fsp3) is 0.381. The van der Waals surface area contributed by atoms with Gasteiger partial charge in [0.05, 0.1) is 26.7 Å². The van der Waals surface area contributed by atoms with Gasteiger partial charge in [0.2, 0.25) is 10.0 Å². The summed E-state index contributed by atoms with van der Waals surface area (Å²) in [6, 6.07) is 12.0. The fourth-order valence-corrected chi connectivity index (χ4v) is 4.70. The van der Waals surface area contributed by atoms with Gasteiger partial charge in [0, 0.05) is 13.1 Å². The molecule has 156 valence electrons. The monoisotopic (exact) mass is 419 g/mol. The molecule has 0 bridgehead atoms. The highest BCUT2D eigenvalue weighted by molar-refractivity contribution is 7.89. The molecule has 0 aliphatic carbocycles. The molecule has 0 N–H and O–H groups in total. The van der Waals surface area contributed by atoms with Gasteiger partial charge >= 0.3 is 5.97 Å². The van der Waals surface area contributed by atoms with Crippen molar-refractivity contribution in [2.24, 2.45) is 0 Å². The Bertz CT molecular complexity index is 950. The van der Waals surface area contributed by atoms with E-state index in [4.69, 9.17) is 14.2 Å². The van der Waals surface area contributed by atoms with E-state index in [1.807, 2.05) is 19.1 Å². The molecule has 7 nitrogen and oxygen atoms in total. The van der Waals surface area contributed by atoms with Crippen molar-refractivity contribution in [3.63, 3.8) is 0 Å². The summed E-state index contributed by atoms with van der Waals surface area (Å²) in [5.74, 6) is 0.236. The number of hydrogen-bond acceptors (Lipinski definition) is 6. The van der Waals surface area contributed by atoms with Gasteiger partial charge in [-0.3, -0.25) is 4.79 Å². The fourth-order valence-electron chi connectivity index (χ4n) is 3.09. The third-order valence-corrected chi connectivity index (χ3v) is 6.65. The highest BCUT2D eigenvalue weighted by Gasteiger charge is 2.29. The predicted molar refractivity (Wildman–Crippen MR) is 108 cm³/mol. The normalized spacial score (nSPS) is 15.1. The van der Waals surface area contributed by atoms with Gasteiger partial charge in [0.1, 0.15) is 16.4 Å². The molecule has 1 aliphatic rings. The summed E-state index contributed by atoms with van der Waals surface area (Å²) >= 11 is 0. The Balaban J connectivity index is 1.77. The number of methoxy groups -OCH3 is 1. The first-order valence-corrected chi connectivity index (χ1v) is 10.9. The van der Waals surface area contributed by atoms with Crippen LogP contribution in [0, 0.1) is 0 Å². The second-order valence-corrected chi connectivity index (χ2v) is 8.56. The SMILES string of the molecule is CCc1ccc(OC(=O)Cc2ccc(OC)c(S(=O)(=O)N3CCOCC3)c2)cc1. The molecule has 2 aromatic carbocycles. The molecule has 0 saturated carbocycles. The van der Waals surface area contributed by atoms with E-state index >= 15 is 0 Å². The number of morpholine rings is 1. The van der Waals surface area contributed by atoms with E-state index in [1.54, 1.807) is 24.3 Å². The Kier molecular flexibility index (Phi) is 6.89. The first-order valence-electron chi connectivity index (χ1n) is 9.48. The molecule has 1 fully saturated rings. The predicted octanol–water partition coefficient (Wildman–Crippen LogP) is 2.43. The molecule has 0 amide bonds. The number of ether oxygens (including phenoxy) is 3. The number of nitrogens with zero attached hydrogens (tertiary/aromatic N) is 1. The minimum absolute atomic E-state index is 0.0412. The average Bonchev–Trinajstić information content (AvgIpc) is 2.74. The van der Waals surface area contributed by atoms with Crippen molar-refractivity contribution >= 4 is 16.0 Å². The van der Waals surface area contributed by atoms with Crippen LogP contribution < -0.4 is 9.47 Å². The molecule has 29 heavy (non-hydrogen) atoms. The lowest BCUT2D eigenvalue weighted by Crippen LogP contribution is -2.40. The summed E-state index contributed by atoms with van der Waals surface area (Å²) in [6.07, 6.45) is 0.853. The minimum Gasteiger partial charge on any atom is -0.495 e. The zero-order chi connectivity index (χ0) is 20.9. The van der Waals surface area contributed by atoms with Crippen LogP contribution in [-0.2, 0) is 32.4 Å². The maximum atomic E-state index is 13.0. The molecule has 8 heteroatoms. The Hall–Kier alpha value is -2.42. The molecular formula is C21H25NO6S. The Morgan fingerprint density at radius 1 is 1.07 bits per heavy atom. The highest BCUT2D eigenvalue weighted by atomic mass is 32.2. The van der Waals surface area contributed by atoms with E-state index in [1.165, 1.54) is 17.5 Å². The van der Waals surface area contributed by atoms with Crippen molar-refractivity contribution in [1.82, 2.24) is 4.31 Å². The zero-order valence-electron chi connectivity index (χ0n) is 16.6. The van der Waals surface area contributed by atoms with Gasteiger partial charge in [-0.2, -0.15) is 4.31 Å². The third kappa shape index (κ3) is 5.14. The number of sulfonamides is 1. The van der Waals surface area contributed by atoms with Crippen LogP contribution in [0.2, 0.25) is 0 Å². The van der Waals surface area contributed by atoms with Gasteiger partial charge < -0.3 is 14.2 Å². The summed E-state index contributed by atoms with van der Waals surface area (Å²) in [6.45, 7) is 3.32. The van der Waals surface area contributed by atoms with Crippen LogP contribution in [0.3, 0.4) is 0 Å². The summed E-state index contributed by atoms with van der Waals surface area (Å²) < 4.78 is 43.3. The molecule has 1 heterocycles. The maximum absolute atomic E-state index is 13.0. The van der Waals surface area contributed by atoms with Gasteiger partial charge in [-0.05, 0) is 41.8 Å². The Morgan fingerprint density at radius 2 is 1.72 bits per heavy atom. The summed E-state index contributed by atoms with van der Waals surface area (Å²) in [7, 11) is -2.34. The minimum atomic E-state index is -3.75. The molecule has 1 saturated heterocycles. The maximum Gasteiger partial charge on any atom is 0.315 e. The number of rotatable bonds is 7. The molecule has 0 spiro atoms. The van der Waals surface area contributed by atoms with Crippen LogP contribution in [0.15, 0.2) is 47.4 Å². The first-order chi connectivity index (χ1) is 13.9. The van der Waals surface area contributed by atoms with Crippen LogP contribution >= 0.6 is 0 Å². The summed E-state index contributed by atoms with van der Waals surface area (Å²) in [5.41, 5.74) is 1.69. The third-order valence-electron chi connectivity index (χ3n) is 4.73. The smallest absolute Gasteiger partial charge is 0.315 e. The van der Waals surface area contributed by atoms with Gasteiger partial charge in [0.15, 0.2) is 0 Å². The van der Waals surface area contributed by atoms with E-state index in [0.29, 0.717) is 24.5 Å². The standard InChI is InChI=1S/C21H25NO6S/c1-3-16-4-7-18(8-5-16)28-21(23)15-17-6-9-19(26-2)20(14-17)29(24,25)22-10-12-27-13-11-22/h4-9,14H,3,10-13,15H2,1-2H3. The molecule has 1 aliphatic heterocycles. The van der Waals surface area contributed by atoms with Gasteiger partial charge in [-0.1, -0.05) is 25.1 Å². The van der Waals surface area contributed by atoms with Gasteiger partial charge in [-0.25, -0.2) is 8.42 Å². The van der Waals surface area contributed by atoms with E-state index in [-0.39, 0.29) is 30.2 Å². The van der Waals surface area contributed by atoms with Crippen LogP contribution in [-0.4, -0.2) is 52.1 Å². The largest absolute Gasteiger partial charge is 0.495 e. The molecular weight excluding hydrogens is 394 g/mol. The summed E-state index contributed by atoms with van der Waals surface area (Å²) in [5, 5.41) is 0. The van der Waals surface area contributed by atoms with E-state index in [2.05, 4.69) is 0 Å². The number of aryl methyl sites for hydroxylation is 1. The van der Waals surface area contributed by atoms with Gasteiger partial charge in [-0.15, -0.1) is 0 Å². The number of carbonyl (C=O) groups excluding carboxylic acids is 1. The molecule has 0 radical (unpaired) electrons. The van der Waals surface area contributed by atoms with E-state index in [9.17, 15) is 13.2 Å². The van der Waals surface area contributed by atoms with Crippen molar-refractivity contribution < 1.29 is 27.4 Å². The summed E-state index contributed by atoms with van der Waals surface area (Å²) in [4.78, 5) is 12.4. The number of esters is 1. The van der Waals surface area contributed by atoms with Crippen molar-refractivity contribution in [3.8, 4) is 11.5 Å². The quantitative estimate of drug-likeness (QED) is 0.506. The topological polar surface area (TPSA) is 82.1 Å². The Morgan fingerprint density at radius 3 is 2.34 bits per heavy atom. The molecule has 3 rings (SSSR count). The molecule has 2 aromatic rings. The van der Waals surface area contributed by atoms with Gasteiger partial charge in [0.25, 0.3) is 0 Å². The average molecular weight is 419 g/mol. The lowest BCUT2D eigenvalue weighted by atomic mass is 10.1.